The fourth-order valence-corrected chi connectivity index (χ4v) is 4.54. The van der Waals surface area contributed by atoms with Crippen molar-refractivity contribution in [1.29, 1.82) is 0 Å². The summed E-state index contributed by atoms with van der Waals surface area (Å²) in [6, 6.07) is 9.95. The van der Waals surface area contributed by atoms with Crippen molar-refractivity contribution in [1.82, 2.24) is 10.3 Å². The van der Waals surface area contributed by atoms with Gasteiger partial charge in [-0.1, -0.05) is 29.8 Å². The van der Waals surface area contributed by atoms with Gasteiger partial charge in [0.25, 0.3) is 0 Å². The smallest absolute Gasteiger partial charge is 0.409 e. The third-order valence-corrected chi connectivity index (χ3v) is 5.95. The predicted molar refractivity (Wildman–Crippen MR) is 121 cm³/mol. The highest BCUT2D eigenvalue weighted by Crippen LogP contribution is 2.34. The van der Waals surface area contributed by atoms with E-state index >= 15 is 0 Å². The molecule has 1 N–H and O–H groups in total. The van der Waals surface area contributed by atoms with Crippen LogP contribution in [0, 0.1) is 0 Å². The normalized spacial score (nSPS) is 17.0. The summed E-state index contributed by atoms with van der Waals surface area (Å²) in [4.78, 5) is 33.0. The van der Waals surface area contributed by atoms with Crippen molar-refractivity contribution in [3.8, 4) is 5.75 Å². The number of benzene rings is 1. The van der Waals surface area contributed by atoms with Crippen LogP contribution in [-0.2, 0) is 11.2 Å². The van der Waals surface area contributed by atoms with Gasteiger partial charge in [0.1, 0.15) is 5.82 Å². The number of halogens is 1. The van der Waals surface area contributed by atoms with Crippen LogP contribution in [0.4, 0.5) is 16.3 Å². The Bertz CT molecular complexity index is 973. The van der Waals surface area contributed by atoms with Crippen LogP contribution in [0.5, 0.6) is 5.75 Å². The molecule has 4 rings (SSSR count). The average molecular weight is 443 g/mol. The van der Waals surface area contributed by atoms with E-state index in [9.17, 15) is 9.59 Å². The SMILES string of the molecule is CC(C)NC(=O)Oc1cnc(N2CCC(N3C(=O)CCc4ccccc43)CC2)c(Cl)c1. The number of anilines is 2. The van der Waals surface area contributed by atoms with Crippen molar-refractivity contribution in [3.63, 3.8) is 0 Å². The highest BCUT2D eigenvalue weighted by molar-refractivity contribution is 6.33. The van der Waals surface area contributed by atoms with Gasteiger partial charge in [-0.15, -0.1) is 0 Å². The maximum absolute atomic E-state index is 12.7. The molecule has 1 aromatic carbocycles. The summed E-state index contributed by atoms with van der Waals surface area (Å²) in [7, 11) is 0. The number of pyridine rings is 1. The van der Waals surface area contributed by atoms with E-state index in [0.717, 1.165) is 38.0 Å². The van der Waals surface area contributed by atoms with Crippen molar-refractivity contribution >= 4 is 35.1 Å². The van der Waals surface area contributed by atoms with Crippen LogP contribution in [0.2, 0.25) is 5.02 Å². The molecule has 31 heavy (non-hydrogen) atoms. The van der Waals surface area contributed by atoms with Gasteiger partial charge in [-0.25, -0.2) is 9.78 Å². The molecule has 2 aliphatic rings. The van der Waals surface area contributed by atoms with E-state index in [1.807, 2.05) is 36.9 Å². The molecule has 164 valence electrons. The Kier molecular flexibility index (Phi) is 6.32. The fraction of sp³-hybridized carbons (Fsp3) is 0.435. The van der Waals surface area contributed by atoms with Crippen molar-refractivity contribution in [2.45, 2.75) is 51.6 Å². The van der Waals surface area contributed by atoms with E-state index in [0.29, 0.717) is 23.0 Å². The Labute approximate surface area is 187 Å². The maximum atomic E-state index is 12.7. The van der Waals surface area contributed by atoms with Gasteiger partial charge in [0, 0.05) is 43.3 Å². The molecular weight excluding hydrogens is 416 g/mol. The Balaban J connectivity index is 1.41. The molecule has 0 spiro atoms. The van der Waals surface area contributed by atoms with Crippen LogP contribution in [0.3, 0.4) is 0 Å². The number of fused-ring (bicyclic) bond motifs is 1. The number of ether oxygens (including phenoxy) is 1. The van der Waals surface area contributed by atoms with Crippen molar-refractivity contribution in [3.05, 3.63) is 47.1 Å². The molecule has 3 heterocycles. The molecule has 1 saturated heterocycles. The molecule has 7 nitrogen and oxygen atoms in total. The second-order valence-electron chi connectivity index (χ2n) is 8.28. The first-order valence-electron chi connectivity index (χ1n) is 10.7. The van der Waals surface area contributed by atoms with E-state index < -0.39 is 6.09 Å². The largest absolute Gasteiger partial charge is 0.412 e. The van der Waals surface area contributed by atoms with Gasteiger partial charge >= 0.3 is 6.09 Å². The number of nitrogens with one attached hydrogen (secondary N) is 1. The average Bonchev–Trinajstić information content (AvgIpc) is 2.73. The van der Waals surface area contributed by atoms with Crippen LogP contribution in [0.15, 0.2) is 36.5 Å². The van der Waals surface area contributed by atoms with Crippen LogP contribution in [-0.4, -0.2) is 42.2 Å². The molecule has 2 aliphatic heterocycles. The van der Waals surface area contributed by atoms with Crippen molar-refractivity contribution in [2.24, 2.45) is 0 Å². The number of piperidine rings is 1. The molecule has 0 unspecified atom stereocenters. The second-order valence-corrected chi connectivity index (χ2v) is 8.68. The summed E-state index contributed by atoms with van der Waals surface area (Å²) in [5, 5.41) is 3.10. The third-order valence-electron chi connectivity index (χ3n) is 5.67. The highest BCUT2D eigenvalue weighted by atomic mass is 35.5. The Morgan fingerprint density at radius 3 is 2.68 bits per heavy atom. The Morgan fingerprint density at radius 2 is 1.97 bits per heavy atom. The van der Waals surface area contributed by atoms with Gasteiger partial charge in [0.05, 0.1) is 11.2 Å². The monoisotopic (exact) mass is 442 g/mol. The Hall–Kier alpha value is -2.80. The number of aryl methyl sites for hydroxylation is 1. The number of carbonyl (C=O) groups is 2. The van der Waals surface area contributed by atoms with Crippen LogP contribution < -0.4 is 19.9 Å². The first-order chi connectivity index (χ1) is 14.9. The quantitative estimate of drug-likeness (QED) is 0.768. The lowest BCUT2D eigenvalue weighted by Gasteiger charge is -2.41. The molecule has 0 bridgehead atoms. The van der Waals surface area contributed by atoms with E-state index in [-0.39, 0.29) is 18.0 Å². The molecule has 8 heteroatoms. The third kappa shape index (κ3) is 4.77. The Morgan fingerprint density at radius 1 is 1.23 bits per heavy atom. The minimum absolute atomic E-state index is 0.0183. The van der Waals surface area contributed by atoms with Crippen molar-refractivity contribution < 1.29 is 14.3 Å². The van der Waals surface area contributed by atoms with Gasteiger partial charge in [0.15, 0.2) is 5.75 Å². The van der Waals surface area contributed by atoms with Gasteiger partial charge in [-0.3, -0.25) is 4.79 Å². The topological polar surface area (TPSA) is 74.8 Å². The molecule has 0 saturated carbocycles. The summed E-state index contributed by atoms with van der Waals surface area (Å²) in [5.74, 6) is 1.17. The first-order valence-corrected chi connectivity index (χ1v) is 11.1. The summed E-state index contributed by atoms with van der Waals surface area (Å²) >= 11 is 6.45. The van der Waals surface area contributed by atoms with Crippen LogP contribution >= 0.6 is 11.6 Å². The molecule has 2 amide bonds. The minimum Gasteiger partial charge on any atom is -0.409 e. The predicted octanol–water partition coefficient (Wildman–Crippen LogP) is 4.18. The fourth-order valence-electron chi connectivity index (χ4n) is 4.26. The number of amides is 2. The van der Waals surface area contributed by atoms with Crippen LogP contribution in [0.1, 0.15) is 38.7 Å². The molecule has 2 aromatic rings. The summed E-state index contributed by atoms with van der Waals surface area (Å²) in [6.07, 6.45) is 4.04. The van der Waals surface area contributed by atoms with E-state index in [1.54, 1.807) is 6.07 Å². The van der Waals surface area contributed by atoms with E-state index in [4.69, 9.17) is 16.3 Å². The lowest BCUT2D eigenvalue weighted by molar-refractivity contribution is -0.119. The summed E-state index contributed by atoms with van der Waals surface area (Å²) < 4.78 is 5.23. The zero-order valence-corrected chi connectivity index (χ0v) is 18.6. The first kappa shape index (κ1) is 21.4. The number of hydrogen-bond acceptors (Lipinski definition) is 5. The molecule has 1 fully saturated rings. The van der Waals surface area contributed by atoms with Gasteiger partial charge in [0.2, 0.25) is 5.91 Å². The van der Waals surface area contributed by atoms with Gasteiger partial charge in [-0.2, -0.15) is 0 Å². The molecule has 0 atom stereocenters. The molecule has 0 radical (unpaired) electrons. The summed E-state index contributed by atoms with van der Waals surface area (Å²) in [6.45, 7) is 5.21. The lowest BCUT2D eigenvalue weighted by atomic mass is 9.95. The number of nitrogens with zero attached hydrogens (tertiary/aromatic N) is 3. The van der Waals surface area contributed by atoms with Crippen molar-refractivity contribution in [2.75, 3.05) is 22.9 Å². The minimum atomic E-state index is -0.534. The van der Waals surface area contributed by atoms with E-state index in [2.05, 4.69) is 21.3 Å². The molecular formula is C23H27ClN4O3. The number of aromatic nitrogens is 1. The maximum Gasteiger partial charge on any atom is 0.412 e. The summed E-state index contributed by atoms with van der Waals surface area (Å²) in [5.41, 5.74) is 2.29. The van der Waals surface area contributed by atoms with E-state index in [1.165, 1.54) is 11.8 Å². The zero-order chi connectivity index (χ0) is 22.0. The van der Waals surface area contributed by atoms with Gasteiger partial charge in [-0.05, 0) is 44.7 Å². The number of hydrogen-bond donors (Lipinski definition) is 1. The number of rotatable bonds is 4. The van der Waals surface area contributed by atoms with Crippen LogP contribution in [0.25, 0.3) is 0 Å². The molecule has 0 aliphatic carbocycles. The number of carbonyl (C=O) groups excluding carboxylic acids is 2. The standard InChI is InChI=1S/C23H27ClN4O3/c1-15(2)26-23(30)31-18-13-19(24)22(25-14-18)27-11-9-17(10-12-27)28-20-6-4-3-5-16(20)7-8-21(28)29/h3-6,13-15,17H,7-12H2,1-2H3,(H,26,30). The molecule has 1 aromatic heterocycles. The lowest BCUT2D eigenvalue weighted by Crippen LogP contribution is -2.49. The number of para-hydroxylation sites is 1. The zero-order valence-electron chi connectivity index (χ0n) is 17.8. The second kappa shape index (κ2) is 9.14. The van der Waals surface area contributed by atoms with Gasteiger partial charge < -0.3 is 19.9 Å². The highest BCUT2D eigenvalue weighted by Gasteiger charge is 2.33.